The third kappa shape index (κ3) is 5.41. The minimum absolute atomic E-state index is 0.190. The molecule has 2 aliphatic rings. The average Bonchev–Trinajstić information content (AvgIpc) is 3.57. The Hall–Kier alpha value is -4.46. The van der Waals surface area contributed by atoms with Gasteiger partial charge in [-0.1, -0.05) is 30.3 Å². The summed E-state index contributed by atoms with van der Waals surface area (Å²) in [5.74, 6) is 0.934. The number of ether oxygens (including phenoxy) is 2. The minimum atomic E-state index is -1.41. The number of aliphatic hydroxyl groups excluding tert-OH is 2. The van der Waals surface area contributed by atoms with Crippen LogP contribution in [0.5, 0.6) is 5.75 Å². The first-order valence-corrected chi connectivity index (χ1v) is 14.0. The molecule has 0 saturated carbocycles. The van der Waals surface area contributed by atoms with Gasteiger partial charge in [-0.3, -0.25) is 9.36 Å². The van der Waals surface area contributed by atoms with Crippen molar-refractivity contribution in [1.82, 2.24) is 24.8 Å². The number of benzene rings is 2. The number of nitrogens with one attached hydrogen (secondary N) is 1. The topological polar surface area (TPSA) is 164 Å². The van der Waals surface area contributed by atoms with E-state index in [1.165, 1.54) is 10.9 Å². The summed E-state index contributed by atoms with van der Waals surface area (Å²) in [5.41, 5.74) is 9.17. The molecule has 5 N–H and O–H groups in total. The predicted octanol–water partition coefficient (Wildman–Crippen LogP) is 1.07. The summed E-state index contributed by atoms with van der Waals surface area (Å²) in [6.45, 7) is 5.46. The van der Waals surface area contributed by atoms with Gasteiger partial charge in [0.25, 0.3) is 5.91 Å². The van der Waals surface area contributed by atoms with E-state index in [-0.39, 0.29) is 5.82 Å². The van der Waals surface area contributed by atoms with Gasteiger partial charge in [0.1, 0.15) is 30.1 Å². The highest BCUT2D eigenvalue weighted by atomic mass is 16.6. The van der Waals surface area contributed by atoms with E-state index < -0.39 is 30.4 Å². The molecule has 2 aromatic heterocycles. The van der Waals surface area contributed by atoms with E-state index in [2.05, 4.69) is 32.3 Å². The first-order valence-electron chi connectivity index (χ1n) is 14.0. The number of carbonyl (C=O) groups is 1. The summed E-state index contributed by atoms with van der Waals surface area (Å²) >= 11 is 0. The van der Waals surface area contributed by atoms with Crippen LogP contribution < -0.4 is 25.6 Å². The highest BCUT2D eigenvalue weighted by Gasteiger charge is 2.47. The Morgan fingerprint density at radius 3 is 2.45 bits per heavy atom. The molecule has 220 valence electrons. The molecule has 13 nitrogen and oxygen atoms in total. The fraction of sp³-hybridized carbons (Fsp3) is 0.379. The molecule has 2 aromatic carbocycles. The highest BCUT2D eigenvalue weighted by Crippen LogP contribution is 2.33. The lowest BCUT2D eigenvalue weighted by atomic mass is 10.1. The monoisotopic (exact) mass is 574 g/mol. The number of fused-ring (bicyclic) bond motifs is 1. The number of nitrogens with two attached hydrogens (primary N) is 1. The second-order valence-corrected chi connectivity index (χ2v) is 10.3. The molecule has 0 radical (unpaired) electrons. The molecule has 42 heavy (non-hydrogen) atoms. The van der Waals surface area contributed by atoms with Gasteiger partial charge < -0.3 is 40.5 Å². The van der Waals surface area contributed by atoms with Gasteiger partial charge >= 0.3 is 0 Å². The smallest absolute Gasteiger partial charge is 0.252 e. The van der Waals surface area contributed by atoms with Gasteiger partial charge in [-0.25, -0.2) is 4.98 Å². The maximum Gasteiger partial charge on any atom is 0.252 e. The van der Waals surface area contributed by atoms with Crippen molar-refractivity contribution in [3.05, 3.63) is 66.5 Å². The predicted molar refractivity (Wildman–Crippen MR) is 156 cm³/mol. The number of imidazole rings is 1. The Balaban J connectivity index is 1.12. The zero-order valence-electron chi connectivity index (χ0n) is 23.2. The quantitative estimate of drug-likeness (QED) is 0.238. The van der Waals surface area contributed by atoms with Crippen molar-refractivity contribution in [3.8, 4) is 5.75 Å². The van der Waals surface area contributed by atoms with Crippen molar-refractivity contribution < 1.29 is 24.5 Å². The summed E-state index contributed by atoms with van der Waals surface area (Å²) in [6, 6.07) is 18.1. The van der Waals surface area contributed by atoms with Crippen molar-refractivity contribution in [1.29, 1.82) is 0 Å². The first-order chi connectivity index (χ1) is 20.4. The number of aromatic nitrogens is 4. The van der Waals surface area contributed by atoms with E-state index in [0.29, 0.717) is 43.4 Å². The Morgan fingerprint density at radius 1 is 1.02 bits per heavy atom. The van der Waals surface area contributed by atoms with Crippen LogP contribution in [0.3, 0.4) is 0 Å². The fourth-order valence-corrected chi connectivity index (χ4v) is 5.29. The summed E-state index contributed by atoms with van der Waals surface area (Å²) < 4.78 is 13.2. The zero-order valence-corrected chi connectivity index (χ0v) is 23.2. The average molecular weight is 575 g/mol. The third-order valence-corrected chi connectivity index (χ3v) is 7.57. The molecular formula is C29H34N8O5. The highest BCUT2D eigenvalue weighted by molar-refractivity contribution is 5.84. The van der Waals surface area contributed by atoms with Gasteiger partial charge in [-0.05, 0) is 36.8 Å². The Morgan fingerprint density at radius 2 is 1.74 bits per heavy atom. The summed E-state index contributed by atoms with van der Waals surface area (Å²) in [4.78, 5) is 30.2. The summed E-state index contributed by atoms with van der Waals surface area (Å²) in [7, 11) is 0. The zero-order chi connectivity index (χ0) is 29.2. The number of nitrogens with zero attached hydrogens (tertiary/aromatic N) is 6. The van der Waals surface area contributed by atoms with E-state index >= 15 is 0 Å². The SMILES string of the molecule is CCNC(=O)[C@H]1O[C@@H](n2cnc3c(N)nc(N4CCN(c5ccc(OCc6ccccc6)cc5)CC4)nc32)[C@H](O)[C@@H]1O. The largest absolute Gasteiger partial charge is 0.489 e. The molecule has 13 heteroatoms. The molecule has 2 aliphatic heterocycles. The lowest BCUT2D eigenvalue weighted by Gasteiger charge is -2.36. The maximum atomic E-state index is 12.3. The summed E-state index contributed by atoms with van der Waals surface area (Å²) in [5, 5.41) is 23.8. The molecule has 0 aliphatic carbocycles. The van der Waals surface area contributed by atoms with Gasteiger partial charge in [-0.2, -0.15) is 9.97 Å². The second kappa shape index (κ2) is 11.8. The molecule has 2 saturated heterocycles. The van der Waals surface area contributed by atoms with Crippen molar-refractivity contribution in [3.63, 3.8) is 0 Å². The van der Waals surface area contributed by atoms with Crippen LogP contribution in [0.2, 0.25) is 0 Å². The molecule has 1 amide bonds. The minimum Gasteiger partial charge on any atom is -0.489 e. The number of piperazine rings is 1. The molecule has 4 aromatic rings. The number of aliphatic hydroxyl groups is 2. The lowest BCUT2D eigenvalue weighted by Crippen LogP contribution is -2.47. The van der Waals surface area contributed by atoms with E-state index in [1.54, 1.807) is 6.92 Å². The maximum absolute atomic E-state index is 12.3. The number of amides is 1. The molecule has 0 bridgehead atoms. The number of anilines is 3. The van der Waals surface area contributed by atoms with Crippen LogP contribution in [0.4, 0.5) is 17.5 Å². The van der Waals surface area contributed by atoms with Crippen molar-refractivity contribution in [2.24, 2.45) is 0 Å². The molecule has 4 heterocycles. The molecular weight excluding hydrogens is 540 g/mol. The van der Waals surface area contributed by atoms with E-state index in [1.807, 2.05) is 47.4 Å². The van der Waals surface area contributed by atoms with Crippen LogP contribution in [0.1, 0.15) is 18.7 Å². The van der Waals surface area contributed by atoms with Crippen molar-refractivity contribution in [2.75, 3.05) is 48.3 Å². The number of nitrogen functional groups attached to an aromatic ring is 1. The van der Waals surface area contributed by atoms with Crippen LogP contribution in [-0.2, 0) is 16.1 Å². The van der Waals surface area contributed by atoms with Crippen LogP contribution in [-0.4, -0.2) is 86.7 Å². The number of carbonyl (C=O) groups excluding carboxylic acids is 1. The van der Waals surface area contributed by atoms with Crippen LogP contribution >= 0.6 is 0 Å². The number of likely N-dealkylation sites (N-methyl/N-ethyl adjacent to an activating group) is 1. The third-order valence-electron chi connectivity index (χ3n) is 7.57. The van der Waals surface area contributed by atoms with E-state index in [0.717, 1.165) is 30.1 Å². The van der Waals surface area contributed by atoms with E-state index in [4.69, 9.17) is 20.2 Å². The molecule has 0 spiro atoms. The molecule has 0 unspecified atom stereocenters. The standard InChI is InChI=1S/C29H34N8O5/c1-2-31-27(40)24-22(38)23(39)28(42-24)37-17-32-21-25(30)33-29(34-26(21)37)36-14-12-35(13-15-36)19-8-10-20(11-9-19)41-16-18-6-4-3-5-7-18/h3-11,17,22-24,28,38-39H,2,12-16H2,1H3,(H,31,40)(H2,30,33,34)/t22-,23+,24-,28+/m0/s1. The van der Waals surface area contributed by atoms with Crippen LogP contribution in [0.25, 0.3) is 11.2 Å². The van der Waals surface area contributed by atoms with Gasteiger partial charge in [0.05, 0.1) is 6.33 Å². The number of rotatable bonds is 8. The molecule has 2 fully saturated rings. The van der Waals surface area contributed by atoms with Gasteiger partial charge in [0.2, 0.25) is 5.95 Å². The van der Waals surface area contributed by atoms with Gasteiger partial charge in [0, 0.05) is 38.4 Å². The van der Waals surface area contributed by atoms with Crippen molar-refractivity contribution in [2.45, 2.75) is 38.1 Å². The Bertz CT molecular complexity index is 1520. The second-order valence-electron chi connectivity index (χ2n) is 10.3. The lowest BCUT2D eigenvalue weighted by molar-refractivity contribution is -0.137. The first kappa shape index (κ1) is 27.7. The summed E-state index contributed by atoms with van der Waals surface area (Å²) in [6.07, 6.45) is -3.65. The van der Waals surface area contributed by atoms with Crippen molar-refractivity contribution >= 4 is 34.5 Å². The number of hydrogen-bond donors (Lipinski definition) is 4. The van der Waals surface area contributed by atoms with Gasteiger partial charge in [-0.15, -0.1) is 0 Å². The van der Waals surface area contributed by atoms with Crippen LogP contribution in [0, 0.1) is 0 Å². The molecule has 4 atom stereocenters. The number of hydrogen-bond acceptors (Lipinski definition) is 11. The van der Waals surface area contributed by atoms with Crippen LogP contribution in [0.15, 0.2) is 60.9 Å². The Labute approximate surface area is 242 Å². The van der Waals surface area contributed by atoms with Gasteiger partial charge in [0.15, 0.2) is 23.8 Å². The normalized spacial score (nSPS) is 22.5. The Kier molecular flexibility index (Phi) is 7.78. The van der Waals surface area contributed by atoms with E-state index in [9.17, 15) is 15.0 Å². The molecule has 6 rings (SSSR count). The fourth-order valence-electron chi connectivity index (χ4n) is 5.29.